The van der Waals surface area contributed by atoms with Crippen molar-refractivity contribution < 1.29 is 10.2 Å². The van der Waals surface area contributed by atoms with E-state index in [0.717, 1.165) is 44.1 Å². The van der Waals surface area contributed by atoms with Crippen LogP contribution < -0.4 is 0 Å². The fourth-order valence-electron chi connectivity index (χ4n) is 4.64. The first-order valence-electron chi connectivity index (χ1n) is 11.0. The van der Waals surface area contributed by atoms with Gasteiger partial charge in [-0.15, -0.1) is 0 Å². The molecule has 2 aliphatic rings. The number of rotatable bonds is 7. The van der Waals surface area contributed by atoms with Gasteiger partial charge in [0.1, 0.15) is 0 Å². The Hall–Kier alpha value is -1.38. The molecule has 2 fully saturated rings. The summed E-state index contributed by atoms with van der Waals surface area (Å²) in [5.74, 6) is 6.92. The number of aliphatic hydroxyl groups excluding tert-OH is 2. The van der Waals surface area contributed by atoms with Crippen LogP contribution in [-0.2, 0) is 6.54 Å². The molecule has 4 nitrogen and oxygen atoms in total. The van der Waals surface area contributed by atoms with E-state index in [1.165, 1.54) is 44.2 Å². The molecule has 0 amide bonds. The second-order valence-electron chi connectivity index (χ2n) is 8.37. The molecule has 1 atom stereocenters. The van der Waals surface area contributed by atoms with Crippen LogP contribution in [0.2, 0.25) is 0 Å². The third-order valence-corrected chi connectivity index (χ3v) is 6.20. The van der Waals surface area contributed by atoms with Crippen LogP contribution in [-0.4, -0.2) is 65.4 Å². The summed E-state index contributed by atoms with van der Waals surface area (Å²) in [5.41, 5.74) is 2.32. The Bertz CT molecular complexity index is 628. The van der Waals surface area contributed by atoms with Gasteiger partial charge >= 0.3 is 0 Å². The highest BCUT2D eigenvalue weighted by molar-refractivity contribution is 5.36. The summed E-state index contributed by atoms with van der Waals surface area (Å²) in [4.78, 5) is 5.19. The topological polar surface area (TPSA) is 46.9 Å². The average molecular weight is 385 g/mol. The molecule has 1 aliphatic carbocycles. The lowest BCUT2D eigenvalue weighted by Crippen LogP contribution is -2.54. The molecule has 0 radical (unpaired) electrons. The predicted octanol–water partition coefficient (Wildman–Crippen LogP) is 2.87. The largest absolute Gasteiger partial charge is 0.396 e. The summed E-state index contributed by atoms with van der Waals surface area (Å²) >= 11 is 0. The Morgan fingerprint density at radius 3 is 2.46 bits per heavy atom. The van der Waals surface area contributed by atoms with E-state index >= 15 is 0 Å². The quantitative estimate of drug-likeness (QED) is 0.710. The number of benzene rings is 1. The van der Waals surface area contributed by atoms with Crippen molar-refractivity contribution in [1.82, 2.24) is 9.80 Å². The summed E-state index contributed by atoms with van der Waals surface area (Å²) in [7, 11) is 0. The lowest BCUT2D eigenvalue weighted by Gasteiger charge is -2.43. The number of hydrogen-bond acceptors (Lipinski definition) is 4. The van der Waals surface area contributed by atoms with Crippen LogP contribution in [0.5, 0.6) is 0 Å². The number of piperazine rings is 1. The van der Waals surface area contributed by atoms with Gasteiger partial charge in [-0.1, -0.05) is 43.2 Å². The summed E-state index contributed by atoms with van der Waals surface area (Å²) in [6.45, 7) is 5.85. The van der Waals surface area contributed by atoms with E-state index < -0.39 is 0 Å². The first-order chi connectivity index (χ1) is 13.8. The first-order valence-corrected chi connectivity index (χ1v) is 11.0. The van der Waals surface area contributed by atoms with Gasteiger partial charge in [-0.25, -0.2) is 0 Å². The van der Waals surface area contributed by atoms with E-state index in [-0.39, 0.29) is 13.2 Å². The maximum Gasteiger partial charge on any atom is 0.0540 e. The van der Waals surface area contributed by atoms with Gasteiger partial charge in [0.05, 0.1) is 6.61 Å². The molecule has 0 spiro atoms. The maximum absolute atomic E-state index is 9.56. The fourth-order valence-corrected chi connectivity index (χ4v) is 4.64. The van der Waals surface area contributed by atoms with Crippen LogP contribution in [0.3, 0.4) is 0 Å². The summed E-state index contributed by atoms with van der Waals surface area (Å²) < 4.78 is 0. The van der Waals surface area contributed by atoms with Gasteiger partial charge < -0.3 is 10.2 Å². The van der Waals surface area contributed by atoms with Crippen molar-refractivity contribution in [1.29, 1.82) is 0 Å². The number of nitrogens with zero attached hydrogens (tertiary/aromatic N) is 2. The molecule has 154 valence electrons. The zero-order valence-corrected chi connectivity index (χ0v) is 17.2. The van der Waals surface area contributed by atoms with Crippen molar-refractivity contribution in [2.24, 2.45) is 5.92 Å². The van der Waals surface area contributed by atoms with Crippen molar-refractivity contribution >= 4 is 0 Å². The van der Waals surface area contributed by atoms with E-state index in [0.29, 0.717) is 12.5 Å². The third-order valence-electron chi connectivity index (χ3n) is 6.20. The molecule has 1 heterocycles. The molecule has 1 aliphatic heterocycles. The van der Waals surface area contributed by atoms with E-state index in [2.05, 4.69) is 45.9 Å². The Morgan fingerprint density at radius 1 is 0.964 bits per heavy atom. The smallest absolute Gasteiger partial charge is 0.0540 e. The highest BCUT2D eigenvalue weighted by Crippen LogP contribution is 2.26. The molecule has 2 N–H and O–H groups in total. The minimum Gasteiger partial charge on any atom is -0.396 e. The lowest BCUT2D eigenvalue weighted by molar-refractivity contribution is 0.0400. The SMILES string of the molecule is OCCC#Cc1ccc(CN2CCN(CC3CCCCC3)C(CCO)C2)cc1. The highest BCUT2D eigenvalue weighted by Gasteiger charge is 2.28. The lowest BCUT2D eigenvalue weighted by atomic mass is 9.88. The second-order valence-corrected chi connectivity index (χ2v) is 8.37. The number of aliphatic hydroxyl groups is 2. The highest BCUT2D eigenvalue weighted by atomic mass is 16.3. The van der Waals surface area contributed by atoms with Crippen molar-refractivity contribution in [2.45, 2.75) is 57.5 Å². The van der Waals surface area contributed by atoms with Gasteiger partial charge in [0, 0.05) is 57.4 Å². The van der Waals surface area contributed by atoms with E-state index in [1.54, 1.807) is 0 Å². The predicted molar refractivity (Wildman–Crippen MR) is 114 cm³/mol. The van der Waals surface area contributed by atoms with Crippen molar-refractivity contribution in [3.8, 4) is 11.8 Å². The molecular weight excluding hydrogens is 348 g/mol. The van der Waals surface area contributed by atoms with E-state index in [9.17, 15) is 5.11 Å². The van der Waals surface area contributed by atoms with Crippen LogP contribution >= 0.6 is 0 Å². The van der Waals surface area contributed by atoms with Crippen molar-refractivity contribution in [2.75, 3.05) is 39.4 Å². The molecule has 0 bridgehead atoms. The Morgan fingerprint density at radius 2 is 1.75 bits per heavy atom. The second kappa shape index (κ2) is 11.6. The Balaban J connectivity index is 1.52. The van der Waals surface area contributed by atoms with Crippen LogP contribution in [0.1, 0.15) is 56.1 Å². The zero-order valence-electron chi connectivity index (χ0n) is 17.2. The van der Waals surface area contributed by atoms with E-state index in [4.69, 9.17) is 5.11 Å². The summed E-state index contributed by atoms with van der Waals surface area (Å²) in [6.07, 6.45) is 8.39. The molecule has 28 heavy (non-hydrogen) atoms. The van der Waals surface area contributed by atoms with Gasteiger partial charge in [-0.05, 0) is 42.9 Å². The molecule has 1 aromatic carbocycles. The van der Waals surface area contributed by atoms with Crippen LogP contribution in [0, 0.1) is 17.8 Å². The fraction of sp³-hybridized carbons (Fsp3) is 0.667. The average Bonchev–Trinajstić information content (AvgIpc) is 2.72. The molecule has 1 unspecified atom stereocenters. The molecule has 1 aromatic rings. The normalized spacial score (nSPS) is 22.0. The van der Waals surface area contributed by atoms with Crippen LogP contribution in [0.25, 0.3) is 0 Å². The van der Waals surface area contributed by atoms with Gasteiger partial charge in [0.2, 0.25) is 0 Å². The van der Waals surface area contributed by atoms with Gasteiger partial charge in [-0.3, -0.25) is 9.80 Å². The summed E-state index contributed by atoms with van der Waals surface area (Å²) in [5, 5.41) is 18.4. The van der Waals surface area contributed by atoms with Crippen LogP contribution in [0.15, 0.2) is 24.3 Å². The van der Waals surface area contributed by atoms with Gasteiger partial charge in [0.25, 0.3) is 0 Å². The minimum atomic E-state index is 0.118. The molecular formula is C24H36N2O2. The molecule has 3 rings (SSSR count). The molecule has 0 aromatic heterocycles. The van der Waals surface area contributed by atoms with E-state index in [1.807, 2.05) is 0 Å². The molecule has 4 heteroatoms. The maximum atomic E-state index is 9.56. The van der Waals surface area contributed by atoms with Crippen molar-refractivity contribution in [3.05, 3.63) is 35.4 Å². The van der Waals surface area contributed by atoms with Crippen LogP contribution in [0.4, 0.5) is 0 Å². The standard InChI is InChI=1S/C24H36N2O2/c27-16-5-4-6-21-9-11-23(12-10-21)18-25-14-15-26(24(20-25)13-17-28)19-22-7-2-1-3-8-22/h9-12,22,24,27-28H,1-3,5,7-8,13-20H2. The third kappa shape index (κ3) is 6.60. The Labute approximate surface area is 170 Å². The Kier molecular flexibility index (Phi) is 8.82. The minimum absolute atomic E-state index is 0.118. The molecule has 1 saturated carbocycles. The van der Waals surface area contributed by atoms with Gasteiger partial charge in [-0.2, -0.15) is 0 Å². The van der Waals surface area contributed by atoms with Crippen molar-refractivity contribution in [3.63, 3.8) is 0 Å². The molecule has 1 saturated heterocycles. The first kappa shape index (κ1) is 21.3. The van der Waals surface area contributed by atoms with Gasteiger partial charge in [0.15, 0.2) is 0 Å². The monoisotopic (exact) mass is 384 g/mol. The summed E-state index contributed by atoms with van der Waals surface area (Å²) in [6, 6.07) is 8.95. The number of hydrogen-bond donors (Lipinski definition) is 2. The zero-order chi connectivity index (χ0) is 19.6.